The molecule has 0 atom stereocenters. The highest BCUT2D eigenvalue weighted by Crippen LogP contribution is 2.29. The van der Waals surface area contributed by atoms with E-state index in [-0.39, 0.29) is 17.7 Å². The molecule has 0 bridgehead atoms. The van der Waals surface area contributed by atoms with Crippen molar-refractivity contribution in [1.82, 2.24) is 9.80 Å². The Labute approximate surface area is 183 Å². The Balaban J connectivity index is 1.39. The number of nitrogens with one attached hydrogen (secondary N) is 1. The van der Waals surface area contributed by atoms with Gasteiger partial charge in [0, 0.05) is 26.2 Å². The minimum atomic E-state index is -0.1000. The third-order valence-electron chi connectivity index (χ3n) is 5.80. The summed E-state index contributed by atoms with van der Waals surface area (Å²) in [7, 11) is 0. The average Bonchev–Trinajstić information content (AvgIpc) is 2.79. The third-order valence-corrected chi connectivity index (χ3v) is 5.80. The van der Waals surface area contributed by atoms with Crippen molar-refractivity contribution in [3.63, 3.8) is 0 Å². The molecule has 1 aliphatic heterocycles. The summed E-state index contributed by atoms with van der Waals surface area (Å²) >= 11 is 0. The SMILES string of the molecule is Cc1ccc(O)c(NC(=O)CN2CCN(C(c3ccccc3)c3ccccc3)CC2)c1. The molecule has 31 heavy (non-hydrogen) atoms. The largest absolute Gasteiger partial charge is 0.506 e. The van der Waals surface area contributed by atoms with Gasteiger partial charge in [-0.25, -0.2) is 0 Å². The zero-order chi connectivity index (χ0) is 21.6. The van der Waals surface area contributed by atoms with Crippen LogP contribution in [0.25, 0.3) is 0 Å². The fraction of sp³-hybridized carbons (Fsp3) is 0.269. The van der Waals surface area contributed by atoms with Gasteiger partial charge in [-0.1, -0.05) is 66.7 Å². The van der Waals surface area contributed by atoms with Crippen LogP contribution < -0.4 is 5.32 Å². The third kappa shape index (κ3) is 5.32. The van der Waals surface area contributed by atoms with Crippen LogP contribution in [0.2, 0.25) is 0 Å². The maximum atomic E-state index is 12.5. The Kier molecular flexibility index (Phi) is 6.65. The first kappa shape index (κ1) is 21.1. The summed E-state index contributed by atoms with van der Waals surface area (Å²) in [5.74, 6) is -0.00523. The summed E-state index contributed by atoms with van der Waals surface area (Å²) in [6, 6.07) is 26.6. The highest BCUT2D eigenvalue weighted by molar-refractivity contribution is 5.93. The number of anilines is 1. The lowest BCUT2D eigenvalue weighted by atomic mass is 9.96. The van der Waals surface area contributed by atoms with Crippen LogP contribution in [0, 0.1) is 6.92 Å². The molecule has 1 aliphatic rings. The van der Waals surface area contributed by atoms with E-state index in [1.54, 1.807) is 12.1 Å². The van der Waals surface area contributed by atoms with Crippen molar-refractivity contribution in [2.45, 2.75) is 13.0 Å². The zero-order valence-corrected chi connectivity index (χ0v) is 17.9. The fourth-order valence-corrected chi connectivity index (χ4v) is 4.21. The number of amides is 1. The van der Waals surface area contributed by atoms with Gasteiger partial charge < -0.3 is 10.4 Å². The van der Waals surface area contributed by atoms with Crippen molar-refractivity contribution in [2.75, 3.05) is 38.0 Å². The van der Waals surface area contributed by atoms with E-state index >= 15 is 0 Å². The number of hydrogen-bond donors (Lipinski definition) is 2. The Morgan fingerprint density at radius 3 is 2.06 bits per heavy atom. The second-order valence-electron chi connectivity index (χ2n) is 8.10. The molecule has 160 valence electrons. The summed E-state index contributed by atoms with van der Waals surface area (Å²) < 4.78 is 0. The van der Waals surface area contributed by atoms with Crippen LogP contribution in [0.15, 0.2) is 78.9 Å². The smallest absolute Gasteiger partial charge is 0.238 e. The summed E-state index contributed by atoms with van der Waals surface area (Å²) in [4.78, 5) is 17.2. The number of aromatic hydroxyl groups is 1. The lowest BCUT2D eigenvalue weighted by Gasteiger charge is -2.39. The van der Waals surface area contributed by atoms with E-state index < -0.39 is 0 Å². The first-order valence-electron chi connectivity index (χ1n) is 10.8. The summed E-state index contributed by atoms with van der Waals surface area (Å²) in [5.41, 5.74) is 4.04. The molecular formula is C26H29N3O2. The van der Waals surface area contributed by atoms with Crippen LogP contribution in [0.5, 0.6) is 5.75 Å². The van der Waals surface area contributed by atoms with Crippen LogP contribution in [-0.4, -0.2) is 53.5 Å². The van der Waals surface area contributed by atoms with E-state index in [4.69, 9.17) is 0 Å². The van der Waals surface area contributed by atoms with Crippen molar-refractivity contribution in [3.05, 3.63) is 95.6 Å². The summed E-state index contributed by atoms with van der Waals surface area (Å²) in [6.45, 7) is 5.68. The molecule has 0 spiro atoms. The number of piperazine rings is 1. The molecule has 1 saturated heterocycles. The lowest BCUT2D eigenvalue weighted by molar-refractivity contribution is -0.117. The van der Waals surface area contributed by atoms with E-state index in [0.29, 0.717) is 12.2 Å². The normalized spacial score (nSPS) is 15.2. The molecule has 3 aromatic rings. The molecule has 3 aromatic carbocycles. The molecule has 1 heterocycles. The number of rotatable bonds is 6. The number of nitrogens with zero attached hydrogens (tertiary/aromatic N) is 2. The molecule has 0 aromatic heterocycles. The number of phenolic OH excluding ortho intramolecular Hbond substituents is 1. The molecule has 2 N–H and O–H groups in total. The fourth-order valence-electron chi connectivity index (χ4n) is 4.21. The van der Waals surface area contributed by atoms with Gasteiger partial charge in [0.25, 0.3) is 0 Å². The highest BCUT2D eigenvalue weighted by atomic mass is 16.3. The number of carbonyl (C=O) groups is 1. The quantitative estimate of drug-likeness (QED) is 0.597. The van der Waals surface area contributed by atoms with Crippen LogP contribution in [0.4, 0.5) is 5.69 Å². The zero-order valence-electron chi connectivity index (χ0n) is 17.9. The number of aryl methyl sites for hydroxylation is 1. The molecular weight excluding hydrogens is 386 g/mol. The van der Waals surface area contributed by atoms with Crippen LogP contribution >= 0.6 is 0 Å². The standard InChI is InChI=1S/C26H29N3O2/c1-20-12-13-24(30)23(18-20)27-25(31)19-28-14-16-29(17-15-28)26(21-8-4-2-5-9-21)22-10-6-3-7-11-22/h2-13,18,26,30H,14-17,19H2,1H3,(H,27,31). The molecule has 5 heteroatoms. The second kappa shape index (κ2) is 9.77. The summed E-state index contributed by atoms with van der Waals surface area (Å²) in [5, 5.41) is 12.8. The Morgan fingerprint density at radius 1 is 0.903 bits per heavy atom. The number of benzene rings is 3. The molecule has 1 fully saturated rings. The van der Waals surface area contributed by atoms with E-state index in [2.05, 4.69) is 63.6 Å². The molecule has 0 radical (unpaired) electrons. The topological polar surface area (TPSA) is 55.8 Å². The molecule has 1 amide bonds. The predicted octanol–water partition coefficient (Wildman–Crippen LogP) is 4.05. The van der Waals surface area contributed by atoms with Gasteiger partial charge in [-0.15, -0.1) is 0 Å². The van der Waals surface area contributed by atoms with E-state index in [1.165, 1.54) is 11.1 Å². The molecule has 0 aliphatic carbocycles. The minimum absolute atomic E-state index is 0.0948. The maximum Gasteiger partial charge on any atom is 0.238 e. The lowest BCUT2D eigenvalue weighted by Crippen LogP contribution is -2.49. The molecule has 0 saturated carbocycles. The molecule has 0 unspecified atom stereocenters. The minimum Gasteiger partial charge on any atom is -0.506 e. The average molecular weight is 416 g/mol. The van der Waals surface area contributed by atoms with Crippen molar-refractivity contribution < 1.29 is 9.90 Å². The number of hydrogen-bond acceptors (Lipinski definition) is 4. The van der Waals surface area contributed by atoms with Crippen molar-refractivity contribution >= 4 is 11.6 Å². The van der Waals surface area contributed by atoms with Crippen molar-refractivity contribution in [1.29, 1.82) is 0 Å². The number of phenols is 1. The van der Waals surface area contributed by atoms with Gasteiger partial charge in [0.1, 0.15) is 5.75 Å². The summed E-state index contributed by atoms with van der Waals surface area (Å²) in [6.07, 6.45) is 0. The van der Waals surface area contributed by atoms with Gasteiger partial charge in [-0.3, -0.25) is 14.6 Å². The van der Waals surface area contributed by atoms with Crippen LogP contribution in [0.3, 0.4) is 0 Å². The first-order chi connectivity index (χ1) is 15.1. The maximum absolute atomic E-state index is 12.5. The Hall–Kier alpha value is -3.15. The van der Waals surface area contributed by atoms with E-state index in [0.717, 1.165) is 31.7 Å². The van der Waals surface area contributed by atoms with Gasteiger partial charge in [-0.05, 0) is 35.7 Å². The van der Waals surface area contributed by atoms with Crippen molar-refractivity contribution in [2.24, 2.45) is 0 Å². The first-order valence-corrected chi connectivity index (χ1v) is 10.8. The number of carbonyl (C=O) groups excluding carboxylic acids is 1. The molecule has 5 nitrogen and oxygen atoms in total. The second-order valence-corrected chi connectivity index (χ2v) is 8.10. The van der Waals surface area contributed by atoms with E-state index in [9.17, 15) is 9.90 Å². The van der Waals surface area contributed by atoms with Crippen LogP contribution in [0.1, 0.15) is 22.7 Å². The van der Waals surface area contributed by atoms with Gasteiger partial charge >= 0.3 is 0 Å². The Bertz CT molecular complexity index is 960. The van der Waals surface area contributed by atoms with Crippen LogP contribution in [-0.2, 0) is 4.79 Å². The van der Waals surface area contributed by atoms with Gasteiger partial charge in [0.15, 0.2) is 0 Å². The van der Waals surface area contributed by atoms with Crippen molar-refractivity contribution in [3.8, 4) is 5.75 Å². The molecule has 4 rings (SSSR count). The Morgan fingerprint density at radius 2 is 1.48 bits per heavy atom. The monoisotopic (exact) mass is 415 g/mol. The van der Waals surface area contributed by atoms with E-state index in [1.807, 2.05) is 25.1 Å². The van der Waals surface area contributed by atoms with Gasteiger partial charge in [0.2, 0.25) is 5.91 Å². The highest BCUT2D eigenvalue weighted by Gasteiger charge is 2.27. The van der Waals surface area contributed by atoms with Gasteiger partial charge in [0.05, 0.1) is 18.3 Å². The van der Waals surface area contributed by atoms with Gasteiger partial charge in [-0.2, -0.15) is 0 Å². The predicted molar refractivity (Wildman–Crippen MR) is 124 cm³/mol.